The van der Waals surface area contributed by atoms with Gasteiger partial charge in [0.15, 0.2) is 6.61 Å². The average molecular weight is 224 g/mol. The molecule has 1 amide bonds. The van der Waals surface area contributed by atoms with Crippen molar-refractivity contribution < 1.29 is 9.53 Å². The van der Waals surface area contributed by atoms with Crippen molar-refractivity contribution in [3.63, 3.8) is 0 Å². The Balaban J connectivity index is 2.36. The summed E-state index contributed by atoms with van der Waals surface area (Å²) in [7, 11) is 0. The van der Waals surface area contributed by atoms with E-state index in [1.165, 1.54) is 0 Å². The van der Waals surface area contributed by atoms with Crippen LogP contribution in [0.2, 0.25) is 0 Å². The summed E-state index contributed by atoms with van der Waals surface area (Å²) in [4.78, 5) is 11.1. The Kier molecular flexibility index (Phi) is 2.64. The van der Waals surface area contributed by atoms with Gasteiger partial charge < -0.3 is 10.1 Å². The molecule has 0 bridgehead atoms. The normalized spacial score (nSPS) is 15.3. The predicted molar refractivity (Wildman–Crippen MR) is 60.1 cm³/mol. The van der Waals surface area contributed by atoms with Gasteiger partial charge in [-0.05, 0) is 30.7 Å². The zero-order valence-electron chi connectivity index (χ0n) is 8.21. The number of benzene rings is 1. The maximum atomic E-state index is 11.1. The molecule has 0 saturated carbocycles. The lowest BCUT2D eigenvalue weighted by molar-refractivity contribution is -0.118. The Morgan fingerprint density at radius 2 is 2.40 bits per heavy atom. The van der Waals surface area contributed by atoms with Crippen LogP contribution in [0.1, 0.15) is 12.5 Å². The number of carbonyl (C=O) groups excluding carboxylic acids is 1. The van der Waals surface area contributed by atoms with E-state index in [2.05, 4.69) is 5.32 Å². The van der Waals surface area contributed by atoms with Crippen molar-refractivity contribution >= 4 is 29.3 Å². The topological polar surface area (TPSA) is 38.3 Å². The summed E-state index contributed by atoms with van der Waals surface area (Å²) in [6, 6.07) is 5.54. The molecule has 0 saturated heterocycles. The third-order valence-electron chi connectivity index (χ3n) is 2.00. The van der Waals surface area contributed by atoms with Crippen molar-refractivity contribution in [1.82, 2.24) is 0 Å². The molecule has 1 aromatic rings. The van der Waals surface area contributed by atoms with E-state index in [0.29, 0.717) is 16.5 Å². The van der Waals surface area contributed by atoms with E-state index in [4.69, 9.17) is 16.3 Å². The van der Waals surface area contributed by atoms with Crippen LogP contribution in [0.25, 0.3) is 6.08 Å². The standard InChI is InChI=1S/C11H10ClNO2/c1-7(12)4-8-2-3-10-9(5-8)13-11(14)6-15-10/h2-5H,6H2,1H3,(H,13,14)/b7-4-. The number of hydrogen-bond acceptors (Lipinski definition) is 2. The van der Waals surface area contributed by atoms with Crippen LogP contribution in [0.15, 0.2) is 23.2 Å². The SMILES string of the molecule is C/C(Cl)=C/c1ccc2c(c1)NC(=O)CO2. The Labute approximate surface area is 92.7 Å². The molecule has 1 heterocycles. The molecule has 0 spiro atoms. The molecule has 1 N–H and O–H groups in total. The number of hydrogen-bond donors (Lipinski definition) is 1. The lowest BCUT2D eigenvalue weighted by atomic mass is 10.1. The van der Waals surface area contributed by atoms with Gasteiger partial charge in [0, 0.05) is 5.03 Å². The summed E-state index contributed by atoms with van der Waals surface area (Å²) in [5.74, 6) is 0.560. The zero-order valence-corrected chi connectivity index (χ0v) is 8.97. The number of anilines is 1. The molecule has 2 rings (SSSR count). The van der Waals surface area contributed by atoms with E-state index in [1.54, 1.807) is 6.92 Å². The summed E-state index contributed by atoms with van der Waals surface area (Å²) in [5.41, 5.74) is 1.63. The number of halogens is 1. The fourth-order valence-electron chi connectivity index (χ4n) is 1.42. The van der Waals surface area contributed by atoms with E-state index in [-0.39, 0.29) is 12.5 Å². The molecular formula is C11H10ClNO2. The van der Waals surface area contributed by atoms with Crippen molar-refractivity contribution in [1.29, 1.82) is 0 Å². The van der Waals surface area contributed by atoms with E-state index >= 15 is 0 Å². The van der Waals surface area contributed by atoms with Crippen molar-refractivity contribution in [3.05, 3.63) is 28.8 Å². The first kappa shape index (κ1) is 10.1. The van der Waals surface area contributed by atoms with Crippen molar-refractivity contribution in [2.24, 2.45) is 0 Å². The van der Waals surface area contributed by atoms with Crippen LogP contribution in [-0.2, 0) is 4.79 Å². The number of amides is 1. The highest BCUT2D eigenvalue weighted by Crippen LogP contribution is 2.29. The van der Waals surface area contributed by atoms with E-state index in [0.717, 1.165) is 5.56 Å². The highest BCUT2D eigenvalue weighted by Gasteiger charge is 2.15. The quantitative estimate of drug-likeness (QED) is 0.795. The first-order valence-electron chi connectivity index (χ1n) is 4.55. The van der Waals surface area contributed by atoms with E-state index in [1.807, 2.05) is 24.3 Å². The van der Waals surface area contributed by atoms with Gasteiger partial charge in [-0.15, -0.1) is 0 Å². The molecule has 0 aliphatic carbocycles. The number of allylic oxidation sites excluding steroid dienone is 1. The smallest absolute Gasteiger partial charge is 0.262 e. The van der Waals surface area contributed by atoms with Gasteiger partial charge in [-0.25, -0.2) is 0 Å². The molecule has 1 aliphatic rings. The molecule has 0 radical (unpaired) electrons. The van der Waals surface area contributed by atoms with Crippen LogP contribution in [0, 0.1) is 0 Å². The number of fused-ring (bicyclic) bond motifs is 1. The van der Waals surface area contributed by atoms with Crippen molar-refractivity contribution in [2.75, 3.05) is 11.9 Å². The maximum absolute atomic E-state index is 11.1. The molecule has 0 atom stereocenters. The highest BCUT2D eigenvalue weighted by atomic mass is 35.5. The fourth-order valence-corrected chi connectivity index (χ4v) is 1.55. The molecule has 1 aliphatic heterocycles. The van der Waals surface area contributed by atoms with Crippen LogP contribution >= 0.6 is 11.6 Å². The fraction of sp³-hybridized carbons (Fsp3) is 0.182. The Morgan fingerprint density at radius 3 is 3.13 bits per heavy atom. The Morgan fingerprint density at radius 1 is 1.60 bits per heavy atom. The van der Waals surface area contributed by atoms with Crippen LogP contribution < -0.4 is 10.1 Å². The molecule has 1 aromatic carbocycles. The van der Waals surface area contributed by atoms with Gasteiger partial charge in [-0.3, -0.25) is 4.79 Å². The molecular weight excluding hydrogens is 214 g/mol. The average Bonchev–Trinajstić information content (AvgIpc) is 2.16. The van der Waals surface area contributed by atoms with Crippen molar-refractivity contribution in [3.8, 4) is 5.75 Å². The van der Waals surface area contributed by atoms with Gasteiger partial charge in [-0.1, -0.05) is 17.7 Å². The van der Waals surface area contributed by atoms with Gasteiger partial charge in [0.2, 0.25) is 0 Å². The minimum absolute atomic E-state index is 0.0801. The van der Waals surface area contributed by atoms with Crippen LogP contribution in [0.5, 0.6) is 5.75 Å². The Hall–Kier alpha value is -1.48. The summed E-state index contributed by atoms with van der Waals surface area (Å²) in [6.07, 6.45) is 1.82. The summed E-state index contributed by atoms with van der Waals surface area (Å²) >= 11 is 5.77. The second kappa shape index (κ2) is 3.95. The molecule has 78 valence electrons. The second-order valence-corrected chi connectivity index (χ2v) is 3.92. The van der Waals surface area contributed by atoms with Gasteiger partial charge in [0.1, 0.15) is 5.75 Å². The molecule has 0 aromatic heterocycles. The van der Waals surface area contributed by atoms with E-state index in [9.17, 15) is 4.79 Å². The third kappa shape index (κ3) is 2.30. The lowest BCUT2D eigenvalue weighted by Gasteiger charge is -2.17. The first-order valence-corrected chi connectivity index (χ1v) is 4.93. The van der Waals surface area contributed by atoms with Crippen LogP contribution in [0.4, 0.5) is 5.69 Å². The third-order valence-corrected chi connectivity index (χ3v) is 2.11. The molecule has 3 nitrogen and oxygen atoms in total. The van der Waals surface area contributed by atoms with Crippen molar-refractivity contribution in [2.45, 2.75) is 6.92 Å². The maximum Gasteiger partial charge on any atom is 0.262 e. The number of rotatable bonds is 1. The second-order valence-electron chi connectivity index (χ2n) is 3.32. The van der Waals surface area contributed by atoms with Gasteiger partial charge in [-0.2, -0.15) is 0 Å². The number of carbonyl (C=O) groups is 1. The predicted octanol–water partition coefficient (Wildman–Crippen LogP) is 2.62. The number of nitrogens with one attached hydrogen (secondary N) is 1. The highest BCUT2D eigenvalue weighted by molar-refractivity contribution is 6.31. The first-order chi connectivity index (χ1) is 7.15. The zero-order chi connectivity index (χ0) is 10.8. The van der Waals surface area contributed by atoms with Gasteiger partial charge >= 0.3 is 0 Å². The van der Waals surface area contributed by atoms with E-state index < -0.39 is 0 Å². The molecule has 15 heavy (non-hydrogen) atoms. The number of ether oxygens (including phenoxy) is 1. The van der Waals surface area contributed by atoms with Crippen LogP contribution in [0.3, 0.4) is 0 Å². The lowest BCUT2D eigenvalue weighted by Crippen LogP contribution is -2.25. The summed E-state index contributed by atoms with van der Waals surface area (Å²) in [5, 5.41) is 3.43. The van der Waals surface area contributed by atoms with Crippen LogP contribution in [-0.4, -0.2) is 12.5 Å². The monoisotopic (exact) mass is 223 g/mol. The molecule has 0 unspecified atom stereocenters. The largest absolute Gasteiger partial charge is 0.482 e. The molecule has 0 fully saturated rings. The van der Waals surface area contributed by atoms with Gasteiger partial charge in [0.05, 0.1) is 5.69 Å². The minimum atomic E-state index is -0.133. The van der Waals surface area contributed by atoms with Gasteiger partial charge in [0.25, 0.3) is 5.91 Å². The summed E-state index contributed by atoms with van der Waals surface area (Å²) < 4.78 is 5.23. The minimum Gasteiger partial charge on any atom is -0.482 e. The molecule has 4 heteroatoms. The summed E-state index contributed by atoms with van der Waals surface area (Å²) in [6.45, 7) is 1.88. The Bertz CT molecular complexity index is 436.